The van der Waals surface area contributed by atoms with Crippen molar-refractivity contribution in [3.63, 3.8) is 0 Å². The van der Waals surface area contributed by atoms with Gasteiger partial charge in [-0.25, -0.2) is 0 Å². The van der Waals surface area contributed by atoms with Crippen molar-refractivity contribution in [1.82, 2.24) is 0 Å². The normalized spacial score (nSPS) is 11.7. The van der Waals surface area contributed by atoms with Crippen molar-refractivity contribution >= 4 is 12.6 Å². The van der Waals surface area contributed by atoms with Crippen LogP contribution in [0.3, 0.4) is 0 Å². The Kier molecular flexibility index (Phi) is 6.29. The lowest BCUT2D eigenvalue weighted by Gasteiger charge is -2.03. The Morgan fingerprint density at radius 2 is 2.25 bits per heavy atom. The molecule has 0 atom stereocenters. The zero-order valence-electron chi connectivity index (χ0n) is 7.29. The summed E-state index contributed by atoms with van der Waals surface area (Å²) in [6, 6.07) is 0. The van der Waals surface area contributed by atoms with Crippen molar-refractivity contribution in [2.75, 3.05) is 6.61 Å². The van der Waals surface area contributed by atoms with Gasteiger partial charge < -0.3 is 4.74 Å². The van der Waals surface area contributed by atoms with Crippen LogP contribution in [0.4, 0.5) is 0 Å². The average Bonchev–Trinajstić information content (AvgIpc) is 2.01. The van der Waals surface area contributed by atoms with E-state index in [9.17, 15) is 0 Å². The predicted molar refractivity (Wildman–Crippen MR) is 57.2 cm³/mol. The fraction of sp³-hybridized carbons (Fsp3) is 0.200. The molecule has 66 valence electrons. The van der Waals surface area contributed by atoms with Crippen LogP contribution in [0.5, 0.6) is 0 Å². The van der Waals surface area contributed by atoms with E-state index in [0.717, 1.165) is 5.57 Å². The van der Waals surface area contributed by atoms with Gasteiger partial charge in [-0.05, 0) is 19.1 Å². The van der Waals surface area contributed by atoms with Crippen molar-refractivity contribution < 1.29 is 4.74 Å². The quantitative estimate of drug-likeness (QED) is 0.390. The van der Waals surface area contributed by atoms with Crippen LogP contribution in [0.2, 0.25) is 0 Å². The number of hydrogen-bond donors (Lipinski definition) is 1. The standard InChI is InChI=1S/C10H14OS/c1-4-6-10(7-5-2)8-11-9(3)12/h4-7,12H,1,3,8H2,2H3/b7-5-,10-6+. The number of rotatable bonds is 5. The van der Waals surface area contributed by atoms with Crippen LogP contribution < -0.4 is 0 Å². The predicted octanol–water partition coefficient (Wildman–Crippen LogP) is 3.09. The first-order chi connectivity index (χ1) is 5.70. The Labute approximate surface area is 79.5 Å². The molecular weight excluding hydrogens is 168 g/mol. The van der Waals surface area contributed by atoms with Gasteiger partial charge in [0.15, 0.2) is 0 Å². The molecule has 0 aliphatic rings. The first kappa shape index (κ1) is 11.1. The first-order valence-electron chi connectivity index (χ1n) is 3.65. The molecule has 1 nitrogen and oxygen atoms in total. The molecule has 0 unspecified atom stereocenters. The Hall–Kier alpha value is -0.890. The molecule has 0 N–H and O–H groups in total. The van der Waals surface area contributed by atoms with E-state index < -0.39 is 0 Å². The second-order valence-corrected chi connectivity index (χ2v) is 2.66. The van der Waals surface area contributed by atoms with Gasteiger partial charge in [0, 0.05) is 0 Å². The van der Waals surface area contributed by atoms with Crippen molar-refractivity contribution in [1.29, 1.82) is 0 Å². The summed E-state index contributed by atoms with van der Waals surface area (Å²) in [6.45, 7) is 9.55. The maximum absolute atomic E-state index is 5.11. The highest BCUT2D eigenvalue weighted by molar-refractivity contribution is 7.84. The minimum absolute atomic E-state index is 0.425. The van der Waals surface area contributed by atoms with Gasteiger partial charge in [-0.1, -0.05) is 30.9 Å². The fourth-order valence-electron chi connectivity index (χ4n) is 0.684. The van der Waals surface area contributed by atoms with Gasteiger partial charge >= 0.3 is 0 Å². The molecule has 12 heavy (non-hydrogen) atoms. The third kappa shape index (κ3) is 5.86. The molecule has 0 fully saturated rings. The van der Waals surface area contributed by atoms with Crippen LogP contribution >= 0.6 is 12.6 Å². The van der Waals surface area contributed by atoms with Crippen LogP contribution in [-0.2, 0) is 4.74 Å². The SMILES string of the molecule is C=C/C=C(\C=C/C)COC(=C)S. The molecule has 0 aliphatic carbocycles. The minimum atomic E-state index is 0.425. The first-order valence-corrected chi connectivity index (χ1v) is 4.10. The van der Waals surface area contributed by atoms with Crippen LogP contribution in [0, 0.1) is 0 Å². The van der Waals surface area contributed by atoms with Crippen molar-refractivity contribution in [3.8, 4) is 0 Å². The fourth-order valence-corrected chi connectivity index (χ4v) is 0.748. The maximum atomic E-state index is 5.11. The van der Waals surface area contributed by atoms with E-state index in [0.29, 0.717) is 11.7 Å². The molecule has 0 saturated heterocycles. The molecule has 0 saturated carbocycles. The molecule has 0 aromatic heterocycles. The highest BCUT2D eigenvalue weighted by atomic mass is 32.1. The van der Waals surface area contributed by atoms with Crippen LogP contribution in [-0.4, -0.2) is 6.61 Å². The lowest BCUT2D eigenvalue weighted by Crippen LogP contribution is -1.92. The van der Waals surface area contributed by atoms with E-state index in [1.165, 1.54) is 0 Å². The summed E-state index contributed by atoms with van der Waals surface area (Å²) in [7, 11) is 0. The van der Waals surface area contributed by atoms with Crippen LogP contribution in [0.25, 0.3) is 0 Å². The van der Waals surface area contributed by atoms with E-state index in [1.54, 1.807) is 6.08 Å². The van der Waals surface area contributed by atoms with Crippen LogP contribution in [0.15, 0.2) is 48.1 Å². The lowest BCUT2D eigenvalue weighted by atomic mass is 10.2. The maximum Gasteiger partial charge on any atom is 0.143 e. The number of hydrogen-bond acceptors (Lipinski definition) is 2. The second-order valence-electron chi connectivity index (χ2n) is 2.16. The number of ether oxygens (including phenoxy) is 1. The molecule has 0 amide bonds. The Morgan fingerprint density at radius 1 is 1.58 bits per heavy atom. The molecule has 0 aromatic carbocycles. The molecular formula is C10H14OS. The van der Waals surface area contributed by atoms with E-state index in [-0.39, 0.29) is 0 Å². The van der Waals surface area contributed by atoms with E-state index >= 15 is 0 Å². The average molecular weight is 182 g/mol. The zero-order chi connectivity index (χ0) is 9.40. The third-order valence-electron chi connectivity index (χ3n) is 1.12. The molecule has 0 bridgehead atoms. The van der Waals surface area contributed by atoms with Gasteiger partial charge in [0.2, 0.25) is 0 Å². The summed E-state index contributed by atoms with van der Waals surface area (Å²) in [4.78, 5) is 0. The Balaban J connectivity index is 4.05. The lowest BCUT2D eigenvalue weighted by molar-refractivity contribution is 0.274. The Morgan fingerprint density at radius 3 is 2.67 bits per heavy atom. The topological polar surface area (TPSA) is 9.23 Å². The summed E-state index contributed by atoms with van der Waals surface area (Å²) in [5.41, 5.74) is 1.04. The van der Waals surface area contributed by atoms with Gasteiger partial charge in [0.25, 0.3) is 0 Å². The van der Waals surface area contributed by atoms with Crippen molar-refractivity contribution in [2.45, 2.75) is 6.92 Å². The monoisotopic (exact) mass is 182 g/mol. The van der Waals surface area contributed by atoms with E-state index in [1.807, 2.05) is 25.2 Å². The van der Waals surface area contributed by atoms with E-state index in [2.05, 4.69) is 25.8 Å². The smallest absolute Gasteiger partial charge is 0.143 e. The van der Waals surface area contributed by atoms with Gasteiger partial charge in [-0.2, -0.15) is 0 Å². The van der Waals surface area contributed by atoms with Crippen molar-refractivity contribution in [2.24, 2.45) is 0 Å². The van der Waals surface area contributed by atoms with Crippen LogP contribution in [0.1, 0.15) is 6.92 Å². The molecule has 0 heterocycles. The molecule has 0 aromatic rings. The molecule has 2 heteroatoms. The molecule has 0 aliphatic heterocycles. The molecule has 0 spiro atoms. The summed E-state index contributed by atoms with van der Waals surface area (Å²) in [5, 5.41) is 0.425. The number of allylic oxidation sites excluding steroid dienone is 3. The summed E-state index contributed by atoms with van der Waals surface area (Å²) in [5.74, 6) is 0. The van der Waals surface area contributed by atoms with Gasteiger partial charge in [0.1, 0.15) is 11.7 Å². The van der Waals surface area contributed by atoms with Gasteiger partial charge in [0.05, 0.1) is 0 Å². The molecule has 0 rings (SSSR count). The summed E-state index contributed by atoms with van der Waals surface area (Å²) < 4.78 is 5.11. The van der Waals surface area contributed by atoms with E-state index in [4.69, 9.17) is 4.74 Å². The number of thiol groups is 1. The minimum Gasteiger partial charge on any atom is -0.484 e. The Bertz CT molecular complexity index is 214. The summed E-state index contributed by atoms with van der Waals surface area (Å²) >= 11 is 3.92. The largest absolute Gasteiger partial charge is 0.484 e. The van der Waals surface area contributed by atoms with Crippen molar-refractivity contribution in [3.05, 3.63) is 48.1 Å². The van der Waals surface area contributed by atoms with Gasteiger partial charge in [-0.3, -0.25) is 0 Å². The zero-order valence-corrected chi connectivity index (χ0v) is 8.18. The highest BCUT2D eigenvalue weighted by Gasteiger charge is 1.91. The van der Waals surface area contributed by atoms with Gasteiger partial charge in [-0.15, -0.1) is 12.6 Å². The second kappa shape index (κ2) is 6.80. The summed E-state index contributed by atoms with van der Waals surface area (Å²) in [6.07, 6.45) is 7.51. The third-order valence-corrected chi connectivity index (χ3v) is 1.25. The molecule has 0 radical (unpaired) electrons. The highest BCUT2D eigenvalue weighted by Crippen LogP contribution is 2.04.